The fourth-order valence-electron chi connectivity index (χ4n) is 5.00. The first kappa shape index (κ1) is 29.5. The number of carbonyl (C=O) groups is 3. The van der Waals surface area contributed by atoms with E-state index in [1.165, 1.54) is 6.07 Å². The molecule has 1 aliphatic rings. The number of phenols is 2. The number of amides is 1. The molecule has 4 rings (SSSR count). The summed E-state index contributed by atoms with van der Waals surface area (Å²) in [6, 6.07) is 4.74. The lowest BCUT2D eigenvalue weighted by Gasteiger charge is -2.28. The van der Waals surface area contributed by atoms with Crippen molar-refractivity contribution in [3.05, 3.63) is 76.6 Å². The number of benzene rings is 2. The van der Waals surface area contributed by atoms with Crippen LogP contribution in [0.15, 0.2) is 42.6 Å². The van der Waals surface area contributed by atoms with Crippen molar-refractivity contribution in [2.24, 2.45) is 5.92 Å². The molecule has 218 valence electrons. The highest BCUT2D eigenvalue weighted by molar-refractivity contribution is 6.05. The van der Waals surface area contributed by atoms with Crippen molar-refractivity contribution in [3.63, 3.8) is 0 Å². The average molecular weight is 581 g/mol. The number of aromatic hydroxyl groups is 2. The van der Waals surface area contributed by atoms with Crippen LogP contribution in [0, 0.1) is 17.6 Å². The molecule has 0 saturated heterocycles. The molecule has 0 bridgehead atoms. The molecule has 3 aromatic rings. The molecule has 1 amide bonds. The summed E-state index contributed by atoms with van der Waals surface area (Å²) in [7, 11) is 0. The van der Waals surface area contributed by atoms with Gasteiger partial charge in [-0.1, -0.05) is 6.07 Å². The zero-order chi connectivity index (χ0) is 30.1. The Bertz CT molecular complexity index is 1440. The number of aliphatic carboxylic acids is 1. The second-order valence-corrected chi connectivity index (χ2v) is 9.73. The van der Waals surface area contributed by atoms with Crippen LogP contribution in [-0.2, 0) is 17.5 Å². The number of ketones is 1. The van der Waals surface area contributed by atoms with E-state index in [1.807, 2.05) is 0 Å². The smallest absolute Gasteiger partial charge is 0.433 e. The Kier molecular flexibility index (Phi) is 8.31. The van der Waals surface area contributed by atoms with Crippen LogP contribution in [0.5, 0.6) is 11.5 Å². The summed E-state index contributed by atoms with van der Waals surface area (Å²) in [5.74, 6) is -7.54. The number of Topliss-reactive ketones (excluding diaryl/α,β-unsaturated/α-hetero) is 1. The van der Waals surface area contributed by atoms with Crippen LogP contribution in [0.2, 0.25) is 0 Å². The lowest BCUT2D eigenvalue weighted by atomic mass is 9.86. The molecular formula is C27H24F5N3O6. The van der Waals surface area contributed by atoms with Gasteiger partial charge in [-0.05, 0) is 55.5 Å². The van der Waals surface area contributed by atoms with Gasteiger partial charge in [0.1, 0.15) is 28.7 Å². The van der Waals surface area contributed by atoms with Gasteiger partial charge in [0, 0.05) is 12.6 Å². The Morgan fingerprint density at radius 2 is 1.56 bits per heavy atom. The number of rotatable bonds is 8. The summed E-state index contributed by atoms with van der Waals surface area (Å²) >= 11 is 0. The minimum Gasteiger partial charge on any atom is -0.507 e. The first-order valence-electron chi connectivity index (χ1n) is 12.4. The highest BCUT2D eigenvalue weighted by atomic mass is 19.4. The SMILES string of the molecule is O=C(CN(Cc1cc(F)cc(F)c1)C(=O)c1cnn(C2CCC(C(=O)O)CC2)c1C(F)(F)F)c1c(O)cccc1O. The second-order valence-electron chi connectivity index (χ2n) is 9.73. The van der Waals surface area contributed by atoms with Crippen LogP contribution in [0.1, 0.15) is 63.7 Å². The Hall–Kier alpha value is -4.49. The molecule has 1 saturated carbocycles. The number of aromatic nitrogens is 2. The van der Waals surface area contributed by atoms with Gasteiger partial charge in [0.05, 0.1) is 30.3 Å². The van der Waals surface area contributed by atoms with E-state index in [4.69, 9.17) is 0 Å². The second kappa shape index (κ2) is 11.6. The highest BCUT2D eigenvalue weighted by Gasteiger charge is 2.43. The molecule has 0 spiro atoms. The molecule has 1 heterocycles. The molecule has 9 nitrogen and oxygen atoms in total. The van der Waals surface area contributed by atoms with Gasteiger partial charge in [0.25, 0.3) is 5.91 Å². The van der Waals surface area contributed by atoms with Crippen LogP contribution in [0.3, 0.4) is 0 Å². The molecule has 2 aromatic carbocycles. The molecule has 3 N–H and O–H groups in total. The van der Waals surface area contributed by atoms with Crippen molar-refractivity contribution in [1.82, 2.24) is 14.7 Å². The van der Waals surface area contributed by atoms with Gasteiger partial charge in [0.15, 0.2) is 11.5 Å². The third-order valence-corrected chi connectivity index (χ3v) is 6.90. The number of carbonyl (C=O) groups excluding carboxylic acids is 2. The minimum absolute atomic E-state index is 0.0622. The van der Waals surface area contributed by atoms with Crippen molar-refractivity contribution in [2.45, 2.75) is 44.4 Å². The minimum atomic E-state index is -5.10. The first-order chi connectivity index (χ1) is 19.3. The summed E-state index contributed by atoms with van der Waals surface area (Å²) in [6.45, 7) is -1.69. The maximum atomic E-state index is 14.3. The molecule has 14 heteroatoms. The van der Waals surface area contributed by atoms with Crippen molar-refractivity contribution in [3.8, 4) is 11.5 Å². The Labute approximate surface area is 229 Å². The maximum absolute atomic E-state index is 14.3. The van der Waals surface area contributed by atoms with E-state index in [9.17, 15) is 51.7 Å². The Balaban J connectivity index is 1.73. The maximum Gasteiger partial charge on any atom is 0.433 e. The number of phenolic OH excluding ortho intramolecular Hbond substituents is 2. The predicted molar refractivity (Wildman–Crippen MR) is 131 cm³/mol. The van der Waals surface area contributed by atoms with Crippen molar-refractivity contribution in [2.75, 3.05) is 6.54 Å². The van der Waals surface area contributed by atoms with E-state index in [-0.39, 0.29) is 31.2 Å². The molecular weight excluding hydrogens is 557 g/mol. The number of alkyl halides is 3. The van der Waals surface area contributed by atoms with E-state index in [1.54, 1.807) is 0 Å². The monoisotopic (exact) mass is 581 g/mol. The van der Waals surface area contributed by atoms with Crippen molar-refractivity contribution < 1.29 is 51.7 Å². The van der Waals surface area contributed by atoms with Crippen molar-refractivity contribution >= 4 is 17.7 Å². The fraction of sp³-hybridized carbons (Fsp3) is 0.333. The summed E-state index contributed by atoms with van der Waals surface area (Å²) in [4.78, 5) is 38.5. The number of nitrogens with zero attached hydrogens (tertiary/aromatic N) is 3. The van der Waals surface area contributed by atoms with Crippen LogP contribution in [-0.4, -0.2) is 54.2 Å². The van der Waals surface area contributed by atoms with Crippen molar-refractivity contribution in [1.29, 1.82) is 0 Å². The van der Waals surface area contributed by atoms with Crippen LogP contribution in [0.4, 0.5) is 22.0 Å². The number of halogens is 5. The number of carboxylic acid groups (broad SMARTS) is 1. The lowest BCUT2D eigenvalue weighted by Crippen LogP contribution is -2.36. The van der Waals surface area contributed by atoms with Gasteiger partial charge in [-0.25, -0.2) is 8.78 Å². The summed E-state index contributed by atoms with van der Waals surface area (Å²) < 4.78 is 71.4. The van der Waals surface area contributed by atoms with E-state index < -0.39 is 88.8 Å². The highest BCUT2D eigenvalue weighted by Crippen LogP contribution is 2.39. The van der Waals surface area contributed by atoms with Gasteiger partial charge in [0.2, 0.25) is 0 Å². The lowest BCUT2D eigenvalue weighted by molar-refractivity contribution is -0.147. The summed E-state index contributed by atoms with van der Waals surface area (Å²) in [6.07, 6.45) is -4.08. The predicted octanol–water partition coefficient (Wildman–Crippen LogP) is 4.93. The standard InChI is InChI=1S/C27H24F5N3O6/c28-16-8-14(9-17(29)10-16)12-34(13-22(38)23-20(36)2-1-3-21(23)37)25(39)19-11-33-35(24(19)27(30,31)32)18-6-4-15(5-7-18)26(40)41/h1-3,8-11,15,18,36-37H,4-7,12-13H2,(H,40,41). The quantitative estimate of drug-likeness (QED) is 0.254. The Morgan fingerprint density at radius 3 is 2.10 bits per heavy atom. The third kappa shape index (κ3) is 6.47. The van der Waals surface area contributed by atoms with Gasteiger partial charge >= 0.3 is 12.1 Å². The molecule has 1 aliphatic carbocycles. The zero-order valence-corrected chi connectivity index (χ0v) is 21.2. The molecule has 0 aliphatic heterocycles. The molecule has 0 atom stereocenters. The van der Waals surface area contributed by atoms with E-state index in [2.05, 4.69) is 5.10 Å². The molecule has 1 fully saturated rings. The summed E-state index contributed by atoms with van der Waals surface area (Å²) in [5, 5.41) is 33.1. The van der Waals surface area contributed by atoms with Crippen LogP contribution in [0.25, 0.3) is 0 Å². The van der Waals surface area contributed by atoms with Crippen LogP contribution < -0.4 is 0 Å². The number of carboxylic acids is 1. The number of hydrogen-bond donors (Lipinski definition) is 3. The molecule has 0 radical (unpaired) electrons. The van der Waals surface area contributed by atoms with Gasteiger partial charge < -0.3 is 20.2 Å². The fourth-order valence-corrected chi connectivity index (χ4v) is 5.00. The van der Waals surface area contributed by atoms with Gasteiger partial charge in [-0.2, -0.15) is 18.3 Å². The normalized spacial score (nSPS) is 17.3. The largest absolute Gasteiger partial charge is 0.507 e. The van der Waals surface area contributed by atoms with Crippen LogP contribution >= 0.6 is 0 Å². The topological polar surface area (TPSA) is 133 Å². The molecule has 0 unspecified atom stereocenters. The summed E-state index contributed by atoms with van der Waals surface area (Å²) in [5.41, 5.74) is -3.14. The third-order valence-electron chi connectivity index (χ3n) is 6.90. The first-order valence-corrected chi connectivity index (χ1v) is 12.4. The molecule has 41 heavy (non-hydrogen) atoms. The Morgan fingerprint density at radius 1 is 0.976 bits per heavy atom. The van der Waals surface area contributed by atoms with E-state index in [0.717, 1.165) is 24.3 Å². The zero-order valence-electron chi connectivity index (χ0n) is 21.2. The molecule has 1 aromatic heterocycles. The average Bonchev–Trinajstić information content (AvgIpc) is 3.33. The van der Waals surface area contributed by atoms with Gasteiger partial charge in [-0.3, -0.25) is 19.1 Å². The number of hydrogen-bond acceptors (Lipinski definition) is 6. The van der Waals surface area contributed by atoms with E-state index in [0.29, 0.717) is 21.8 Å². The van der Waals surface area contributed by atoms with Gasteiger partial charge in [-0.15, -0.1) is 0 Å². The van der Waals surface area contributed by atoms with E-state index >= 15 is 0 Å².